The molecule has 1 rings (SSSR count). The van der Waals surface area contributed by atoms with E-state index in [0.29, 0.717) is 0 Å². The SMILES string of the molecule is CCCCCCC/C=C/C(C)C1CC(=O)OC1=O. The van der Waals surface area contributed by atoms with Gasteiger partial charge >= 0.3 is 11.9 Å². The van der Waals surface area contributed by atoms with Crippen molar-refractivity contribution < 1.29 is 14.3 Å². The van der Waals surface area contributed by atoms with E-state index in [1.54, 1.807) is 0 Å². The molecule has 1 heterocycles. The molecule has 0 aromatic heterocycles. The lowest BCUT2D eigenvalue weighted by molar-refractivity contribution is -0.153. The Hall–Kier alpha value is -1.12. The van der Waals surface area contributed by atoms with Crippen LogP contribution in [0.3, 0.4) is 0 Å². The molecule has 2 atom stereocenters. The molecule has 0 radical (unpaired) electrons. The third-order valence-corrected chi connectivity index (χ3v) is 3.45. The van der Waals surface area contributed by atoms with Crippen molar-refractivity contribution in [3.8, 4) is 0 Å². The molecule has 0 N–H and O–H groups in total. The molecule has 18 heavy (non-hydrogen) atoms. The minimum atomic E-state index is -0.384. The number of allylic oxidation sites excluding steroid dienone is 2. The van der Waals surface area contributed by atoms with Gasteiger partial charge in [0, 0.05) is 0 Å². The standard InChI is InChI=1S/C15H24O3/c1-3-4-5-6-7-8-9-10-12(2)13-11-14(16)18-15(13)17/h9-10,12-13H,3-8,11H2,1-2H3/b10-9+. The van der Waals surface area contributed by atoms with E-state index in [1.807, 2.05) is 13.0 Å². The van der Waals surface area contributed by atoms with Crippen LogP contribution in [-0.2, 0) is 14.3 Å². The Balaban J connectivity index is 2.17. The van der Waals surface area contributed by atoms with E-state index in [-0.39, 0.29) is 30.2 Å². The summed E-state index contributed by atoms with van der Waals surface area (Å²) >= 11 is 0. The van der Waals surface area contributed by atoms with Gasteiger partial charge in [-0.05, 0) is 18.8 Å². The van der Waals surface area contributed by atoms with Gasteiger partial charge in [0.15, 0.2) is 0 Å². The Kier molecular flexibility index (Phi) is 6.69. The van der Waals surface area contributed by atoms with Crippen molar-refractivity contribution in [3.63, 3.8) is 0 Å². The summed E-state index contributed by atoms with van der Waals surface area (Å²) in [5.41, 5.74) is 0. The van der Waals surface area contributed by atoms with Gasteiger partial charge in [-0.3, -0.25) is 9.59 Å². The molecular formula is C15H24O3. The van der Waals surface area contributed by atoms with E-state index >= 15 is 0 Å². The highest BCUT2D eigenvalue weighted by atomic mass is 16.6. The van der Waals surface area contributed by atoms with Gasteiger partial charge in [-0.2, -0.15) is 0 Å². The number of unbranched alkanes of at least 4 members (excludes halogenated alkanes) is 5. The Morgan fingerprint density at radius 1 is 1.28 bits per heavy atom. The molecule has 3 heteroatoms. The lowest BCUT2D eigenvalue weighted by Crippen LogP contribution is -2.14. The number of rotatable bonds is 8. The highest BCUT2D eigenvalue weighted by Gasteiger charge is 2.36. The first-order valence-electron chi connectivity index (χ1n) is 7.06. The van der Waals surface area contributed by atoms with Gasteiger partial charge in [0.2, 0.25) is 0 Å². The minimum Gasteiger partial charge on any atom is -0.393 e. The Labute approximate surface area is 110 Å². The molecular weight excluding hydrogens is 228 g/mol. The van der Waals surface area contributed by atoms with E-state index in [4.69, 9.17) is 0 Å². The molecule has 0 aromatic carbocycles. The van der Waals surface area contributed by atoms with Crippen molar-refractivity contribution in [2.45, 2.75) is 58.8 Å². The van der Waals surface area contributed by atoms with E-state index in [1.165, 1.54) is 32.1 Å². The van der Waals surface area contributed by atoms with Crippen molar-refractivity contribution in [2.75, 3.05) is 0 Å². The molecule has 1 aliphatic rings. The van der Waals surface area contributed by atoms with Gasteiger partial charge in [0.1, 0.15) is 0 Å². The van der Waals surface area contributed by atoms with Crippen molar-refractivity contribution in [3.05, 3.63) is 12.2 Å². The molecule has 0 aromatic rings. The summed E-state index contributed by atoms with van der Waals surface area (Å²) < 4.78 is 4.55. The average molecular weight is 252 g/mol. The zero-order chi connectivity index (χ0) is 13.4. The Bertz CT molecular complexity index is 307. The van der Waals surface area contributed by atoms with Crippen molar-refractivity contribution in [1.82, 2.24) is 0 Å². The van der Waals surface area contributed by atoms with Crippen LogP contribution in [0.15, 0.2) is 12.2 Å². The number of carbonyl (C=O) groups is 2. The molecule has 1 aliphatic heterocycles. The fraction of sp³-hybridized carbons (Fsp3) is 0.733. The van der Waals surface area contributed by atoms with Crippen LogP contribution in [0.25, 0.3) is 0 Å². The summed E-state index contributed by atoms with van der Waals surface area (Å²) in [6.07, 6.45) is 11.8. The molecule has 0 saturated carbocycles. The summed E-state index contributed by atoms with van der Waals surface area (Å²) in [5.74, 6) is -0.918. The zero-order valence-electron chi connectivity index (χ0n) is 11.5. The molecule has 0 bridgehead atoms. The van der Waals surface area contributed by atoms with E-state index in [2.05, 4.69) is 17.7 Å². The van der Waals surface area contributed by atoms with Crippen LogP contribution < -0.4 is 0 Å². The smallest absolute Gasteiger partial charge is 0.317 e. The van der Waals surface area contributed by atoms with Crippen molar-refractivity contribution in [1.29, 1.82) is 0 Å². The van der Waals surface area contributed by atoms with Gasteiger partial charge in [0.25, 0.3) is 0 Å². The van der Waals surface area contributed by atoms with Crippen molar-refractivity contribution >= 4 is 11.9 Å². The second-order valence-electron chi connectivity index (χ2n) is 5.09. The summed E-state index contributed by atoms with van der Waals surface area (Å²) in [4.78, 5) is 22.3. The molecule has 1 fully saturated rings. The van der Waals surface area contributed by atoms with Gasteiger partial charge in [-0.15, -0.1) is 0 Å². The van der Waals surface area contributed by atoms with E-state index in [9.17, 15) is 9.59 Å². The van der Waals surface area contributed by atoms with Gasteiger partial charge in [0.05, 0.1) is 12.3 Å². The number of ether oxygens (including phenoxy) is 1. The molecule has 0 spiro atoms. The number of hydrogen-bond donors (Lipinski definition) is 0. The normalized spacial score (nSPS) is 21.6. The maximum atomic E-state index is 11.4. The molecule has 3 nitrogen and oxygen atoms in total. The number of carbonyl (C=O) groups excluding carboxylic acids is 2. The highest BCUT2D eigenvalue weighted by Crippen LogP contribution is 2.25. The quantitative estimate of drug-likeness (QED) is 0.287. The minimum absolute atomic E-state index is 0.0968. The monoisotopic (exact) mass is 252 g/mol. The van der Waals surface area contributed by atoms with Gasteiger partial charge in [-0.1, -0.05) is 51.7 Å². The fourth-order valence-electron chi connectivity index (χ4n) is 2.20. The van der Waals surface area contributed by atoms with Gasteiger partial charge in [-0.25, -0.2) is 0 Å². The molecule has 102 valence electrons. The molecule has 0 amide bonds. The fourth-order valence-corrected chi connectivity index (χ4v) is 2.20. The van der Waals surface area contributed by atoms with Crippen LogP contribution in [-0.4, -0.2) is 11.9 Å². The van der Waals surface area contributed by atoms with Crippen LogP contribution in [0, 0.1) is 11.8 Å². The lowest BCUT2D eigenvalue weighted by Gasteiger charge is -2.09. The average Bonchev–Trinajstić information content (AvgIpc) is 2.67. The van der Waals surface area contributed by atoms with Crippen LogP contribution in [0.5, 0.6) is 0 Å². The summed E-state index contributed by atoms with van der Waals surface area (Å²) in [6, 6.07) is 0. The number of hydrogen-bond acceptors (Lipinski definition) is 3. The third-order valence-electron chi connectivity index (χ3n) is 3.45. The number of cyclic esters (lactones) is 2. The number of esters is 2. The van der Waals surface area contributed by atoms with Crippen LogP contribution >= 0.6 is 0 Å². The Morgan fingerprint density at radius 2 is 2.00 bits per heavy atom. The maximum Gasteiger partial charge on any atom is 0.317 e. The molecule has 0 aliphatic carbocycles. The second-order valence-corrected chi connectivity index (χ2v) is 5.09. The molecule has 2 unspecified atom stereocenters. The lowest BCUT2D eigenvalue weighted by atomic mass is 9.92. The van der Waals surface area contributed by atoms with Gasteiger partial charge < -0.3 is 4.74 Å². The largest absolute Gasteiger partial charge is 0.393 e. The summed E-state index contributed by atoms with van der Waals surface area (Å²) in [6.45, 7) is 4.18. The first-order valence-corrected chi connectivity index (χ1v) is 7.06. The summed E-state index contributed by atoms with van der Waals surface area (Å²) in [7, 11) is 0. The first kappa shape index (κ1) is 14.9. The van der Waals surface area contributed by atoms with Crippen LogP contribution in [0.4, 0.5) is 0 Å². The van der Waals surface area contributed by atoms with Crippen LogP contribution in [0.1, 0.15) is 58.8 Å². The third kappa shape index (κ3) is 5.03. The predicted molar refractivity (Wildman–Crippen MR) is 70.9 cm³/mol. The van der Waals surface area contributed by atoms with Crippen molar-refractivity contribution in [2.24, 2.45) is 11.8 Å². The van der Waals surface area contributed by atoms with Crippen LogP contribution in [0.2, 0.25) is 0 Å². The molecule has 1 saturated heterocycles. The predicted octanol–water partition coefficient (Wildman–Crippen LogP) is 3.63. The Morgan fingerprint density at radius 3 is 2.61 bits per heavy atom. The zero-order valence-corrected chi connectivity index (χ0v) is 11.5. The maximum absolute atomic E-state index is 11.4. The highest BCUT2D eigenvalue weighted by molar-refractivity contribution is 5.94. The topological polar surface area (TPSA) is 43.4 Å². The van der Waals surface area contributed by atoms with E-state index in [0.717, 1.165) is 6.42 Å². The summed E-state index contributed by atoms with van der Waals surface area (Å²) in [5, 5.41) is 0. The second kappa shape index (κ2) is 8.06. The first-order chi connectivity index (χ1) is 8.65. The van der Waals surface area contributed by atoms with E-state index < -0.39 is 0 Å².